The van der Waals surface area contributed by atoms with Gasteiger partial charge in [0.05, 0.1) is 13.2 Å². The minimum absolute atomic E-state index is 0. The van der Waals surface area contributed by atoms with E-state index in [0.29, 0.717) is 24.4 Å². The van der Waals surface area contributed by atoms with Crippen LogP contribution in [0.2, 0.25) is 0 Å². The number of halogens is 1. The Kier molecular flexibility index (Phi) is 8.11. The molecule has 1 saturated heterocycles. The summed E-state index contributed by atoms with van der Waals surface area (Å²) in [4.78, 5) is 11.8. The number of morpholine rings is 1. The van der Waals surface area contributed by atoms with Crippen LogP contribution in [0.4, 0.5) is 0 Å². The van der Waals surface area contributed by atoms with E-state index in [4.69, 9.17) is 4.74 Å². The number of amides is 1. The zero-order chi connectivity index (χ0) is 15.3. The minimum Gasteiger partial charge on any atom is -0.379 e. The number of ether oxygens (including phenoxy) is 1. The van der Waals surface area contributed by atoms with Crippen LogP contribution in [0, 0.1) is 5.92 Å². The van der Waals surface area contributed by atoms with Crippen LogP contribution in [-0.4, -0.2) is 49.8 Å². The number of carbonyl (C=O) groups excluding carboxylic acids is 1. The van der Waals surface area contributed by atoms with Gasteiger partial charge in [0.15, 0.2) is 0 Å². The Morgan fingerprint density at radius 3 is 2.73 bits per heavy atom. The van der Waals surface area contributed by atoms with Crippen LogP contribution < -0.4 is 16.0 Å². The molecule has 6 heteroatoms. The smallest absolute Gasteiger partial charge is 0.221 e. The summed E-state index contributed by atoms with van der Waals surface area (Å²) in [5, 5.41) is 10.2. The molecular formula is C16H32ClN3O2. The SMILES string of the molecule is CC(C)(C)NC(=O)CCNC1CCCC1C1COCCN1.Cl. The molecule has 1 aliphatic carbocycles. The van der Waals surface area contributed by atoms with E-state index in [2.05, 4.69) is 16.0 Å². The van der Waals surface area contributed by atoms with E-state index in [1.807, 2.05) is 20.8 Å². The number of carbonyl (C=O) groups is 1. The van der Waals surface area contributed by atoms with Crippen LogP contribution in [0.5, 0.6) is 0 Å². The van der Waals surface area contributed by atoms with E-state index in [1.54, 1.807) is 0 Å². The van der Waals surface area contributed by atoms with E-state index in [-0.39, 0.29) is 23.9 Å². The zero-order valence-electron chi connectivity index (χ0n) is 14.1. The molecule has 2 rings (SSSR count). The van der Waals surface area contributed by atoms with Crippen molar-refractivity contribution in [1.29, 1.82) is 0 Å². The van der Waals surface area contributed by atoms with Crippen molar-refractivity contribution in [1.82, 2.24) is 16.0 Å². The van der Waals surface area contributed by atoms with Gasteiger partial charge in [0.1, 0.15) is 0 Å². The third-order valence-corrected chi connectivity index (χ3v) is 4.31. The fourth-order valence-electron chi connectivity index (χ4n) is 3.44. The highest BCUT2D eigenvalue weighted by molar-refractivity contribution is 5.85. The molecule has 2 fully saturated rings. The molecule has 0 bridgehead atoms. The first-order chi connectivity index (χ1) is 9.96. The van der Waals surface area contributed by atoms with Gasteiger partial charge >= 0.3 is 0 Å². The van der Waals surface area contributed by atoms with Crippen molar-refractivity contribution in [2.24, 2.45) is 5.92 Å². The normalized spacial score (nSPS) is 29.0. The molecule has 130 valence electrons. The second-order valence-corrected chi connectivity index (χ2v) is 7.34. The lowest BCUT2D eigenvalue weighted by Crippen LogP contribution is -2.51. The third-order valence-electron chi connectivity index (χ3n) is 4.31. The van der Waals surface area contributed by atoms with Gasteiger partial charge < -0.3 is 20.7 Å². The lowest BCUT2D eigenvalue weighted by Gasteiger charge is -2.33. The van der Waals surface area contributed by atoms with E-state index >= 15 is 0 Å². The molecule has 1 aliphatic heterocycles. The summed E-state index contributed by atoms with van der Waals surface area (Å²) >= 11 is 0. The highest BCUT2D eigenvalue weighted by atomic mass is 35.5. The molecule has 3 N–H and O–H groups in total. The fraction of sp³-hybridized carbons (Fsp3) is 0.938. The molecular weight excluding hydrogens is 302 g/mol. The molecule has 3 unspecified atom stereocenters. The first-order valence-corrected chi connectivity index (χ1v) is 8.31. The maximum atomic E-state index is 11.8. The maximum Gasteiger partial charge on any atom is 0.221 e. The molecule has 1 amide bonds. The largest absolute Gasteiger partial charge is 0.379 e. The van der Waals surface area contributed by atoms with Crippen LogP contribution in [0.15, 0.2) is 0 Å². The van der Waals surface area contributed by atoms with E-state index in [9.17, 15) is 4.79 Å². The fourth-order valence-corrected chi connectivity index (χ4v) is 3.44. The summed E-state index contributed by atoms with van der Waals surface area (Å²) in [6, 6.07) is 0.994. The average molecular weight is 334 g/mol. The Balaban J connectivity index is 0.00000242. The van der Waals surface area contributed by atoms with Crippen LogP contribution in [0.25, 0.3) is 0 Å². The molecule has 0 aromatic heterocycles. The van der Waals surface area contributed by atoms with Crippen molar-refractivity contribution in [3.05, 3.63) is 0 Å². The number of hydrogen-bond donors (Lipinski definition) is 3. The molecule has 2 aliphatic rings. The van der Waals surface area contributed by atoms with Crippen molar-refractivity contribution in [2.45, 2.75) is 64.1 Å². The molecule has 1 saturated carbocycles. The molecule has 0 radical (unpaired) electrons. The van der Waals surface area contributed by atoms with Crippen molar-refractivity contribution >= 4 is 18.3 Å². The van der Waals surface area contributed by atoms with Gasteiger partial charge in [-0.2, -0.15) is 0 Å². The average Bonchev–Trinajstić information content (AvgIpc) is 2.86. The van der Waals surface area contributed by atoms with Crippen LogP contribution in [0.1, 0.15) is 46.5 Å². The second kappa shape index (κ2) is 9.06. The summed E-state index contributed by atoms with van der Waals surface area (Å²) < 4.78 is 5.59. The van der Waals surface area contributed by atoms with Gasteiger partial charge in [-0.25, -0.2) is 0 Å². The topological polar surface area (TPSA) is 62.4 Å². The Labute approximate surface area is 140 Å². The predicted octanol–water partition coefficient (Wildman–Crippen LogP) is 1.46. The maximum absolute atomic E-state index is 11.8. The Morgan fingerprint density at radius 1 is 1.32 bits per heavy atom. The molecule has 0 aromatic carbocycles. The van der Waals surface area contributed by atoms with Gasteiger partial charge in [-0.1, -0.05) is 6.42 Å². The van der Waals surface area contributed by atoms with Crippen molar-refractivity contribution in [3.63, 3.8) is 0 Å². The van der Waals surface area contributed by atoms with Crippen molar-refractivity contribution in [2.75, 3.05) is 26.3 Å². The quantitative estimate of drug-likeness (QED) is 0.713. The molecule has 22 heavy (non-hydrogen) atoms. The summed E-state index contributed by atoms with van der Waals surface area (Å²) in [5.41, 5.74) is -0.143. The lowest BCUT2D eigenvalue weighted by molar-refractivity contribution is -0.122. The van der Waals surface area contributed by atoms with Gasteiger partial charge in [-0.3, -0.25) is 4.79 Å². The van der Waals surface area contributed by atoms with Gasteiger partial charge in [-0.15, -0.1) is 12.4 Å². The first-order valence-electron chi connectivity index (χ1n) is 8.31. The van der Waals surface area contributed by atoms with Gasteiger partial charge in [0.25, 0.3) is 0 Å². The zero-order valence-corrected chi connectivity index (χ0v) is 14.9. The second-order valence-electron chi connectivity index (χ2n) is 7.34. The number of hydrogen-bond acceptors (Lipinski definition) is 4. The van der Waals surface area contributed by atoms with Crippen LogP contribution in [-0.2, 0) is 9.53 Å². The third kappa shape index (κ3) is 6.41. The van der Waals surface area contributed by atoms with Gasteiger partial charge in [-0.05, 0) is 39.5 Å². The number of rotatable bonds is 5. The summed E-state index contributed by atoms with van der Waals surface area (Å²) in [6.45, 7) is 9.42. The Morgan fingerprint density at radius 2 is 2.09 bits per heavy atom. The minimum atomic E-state index is -0.143. The van der Waals surface area contributed by atoms with Crippen LogP contribution in [0.3, 0.4) is 0 Å². The summed E-state index contributed by atoms with van der Waals surface area (Å²) in [6.07, 6.45) is 4.29. The summed E-state index contributed by atoms with van der Waals surface area (Å²) in [5.74, 6) is 0.764. The monoisotopic (exact) mass is 333 g/mol. The highest BCUT2D eigenvalue weighted by Gasteiger charge is 2.34. The van der Waals surface area contributed by atoms with E-state index in [1.165, 1.54) is 19.3 Å². The summed E-state index contributed by atoms with van der Waals surface area (Å²) in [7, 11) is 0. The van der Waals surface area contributed by atoms with Gasteiger partial charge in [0, 0.05) is 37.1 Å². The molecule has 0 aromatic rings. The molecule has 5 nitrogen and oxygen atoms in total. The Hall–Kier alpha value is -0.360. The standard InChI is InChI=1S/C16H31N3O2.ClH/c1-16(2,3)19-15(20)7-8-17-13-6-4-5-12(13)14-11-21-10-9-18-14;/h12-14,17-18H,4-11H2,1-3H3,(H,19,20);1H. The lowest BCUT2D eigenvalue weighted by atomic mass is 9.94. The number of nitrogens with one attached hydrogen (secondary N) is 3. The molecule has 1 heterocycles. The van der Waals surface area contributed by atoms with E-state index in [0.717, 1.165) is 26.3 Å². The van der Waals surface area contributed by atoms with Crippen LogP contribution >= 0.6 is 12.4 Å². The van der Waals surface area contributed by atoms with Crippen molar-refractivity contribution < 1.29 is 9.53 Å². The molecule has 0 spiro atoms. The Bertz CT molecular complexity index is 341. The first kappa shape index (κ1) is 19.7. The van der Waals surface area contributed by atoms with Crippen molar-refractivity contribution in [3.8, 4) is 0 Å². The predicted molar refractivity (Wildman–Crippen MR) is 91.5 cm³/mol. The molecule has 3 atom stereocenters. The highest BCUT2D eigenvalue weighted by Crippen LogP contribution is 2.29. The van der Waals surface area contributed by atoms with Gasteiger partial charge in [0.2, 0.25) is 5.91 Å². The van der Waals surface area contributed by atoms with E-state index < -0.39 is 0 Å².